The summed E-state index contributed by atoms with van der Waals surface area (Å²) >= 11 is 6.24. The van der Waals surface area contributed by atoms with Gasteiger partial charge in [-0.25, -0.2) is 0 Å². The second kappa shape index (κ2) is 6.78. The topological polar surface area (TPSA) is 69.6 Å². The number of halogens is 2. The van der Waals surface area contributed by atoms with Crippen molar-refractivity contribution in [3.8, 4) is 5.75 Å². The van der Waals surface area contributed by atoms with Gasteiger partial charge < -0.3 is 10.4 Å². The van der Waals surface area contributed by atoms with E-state index in [1.54, 1.807) is 36.4 Å². The molecule has 0 spiro atoms. The first kappa shape index (κ1) is 17.9. The SMILES string of the molecule is Br.O=C1c2ccccc2C(=O)N1C[C@H]1NCCc2c(Cl)ccc(O)c21. The number of hydrogen-bond acceptors (Lipinski definition) is 4. The highest BCUT2D eigenvalue weighted by atomic mass is 79.9. The summed E-state index contributed by atoms with van der Waals surface area (Å²) in [5.41, 5.74) is 2.39. The number of phenols is 1. The molecule has 2 amide bonds. The summed E-state index contributed by atoms with van der Waals surface area (Å²) in [7, 11) is 0. The smallest absolute Gasteiger partial charge is 0.261 e. The van der Waals surface area contributed by atoms with Crippen molar-refractivity contribution in [1.82, 2.24) is 10.2 Å². The van der Waals surface area contributed by atoms with Crippen LogP contribution in [-0.4, -0.2) is 34.9 Å². The number of rotatable bonds is 2. The van der Waals surface area contributed by atoms with Gasteiger partial charge in [0.25, 0.3) is 11.8 Å². The van der Waals surface area contributed by atoms with E-state index in [9.17, 15) is 14.7 Å². The molecule has 2 aliphatic rings. The van der Waals surface area contributed by atoms with Crippen molar-refractivity contribution >= 4 is 40.4 Å². The minimum Gasteiger partial charge on any atom is -0.508 e. The van der Waals surface area contributed by atoms with E-state index < -0.39 is 0 Å². The average Bonchev–Trinajstić information content (AvgIpc) is 2.84. The molecule has 2 heterocycles. The van der Waals surface area contributed by atoms with Gasteiger partial charge in [-0.1, -0.05) is 23.7 Å². The normalized spacial score (nSPS) is 18.6. The van der Waals surface area contributed by atoms with Crippen molar-refractivity contribution in [3.63, 3.8) is 0 Å². The summed E-state index contributed by atoms with van der Waals surface area (Å²) in [4.78, 5) is 26.3. The van der Waals surface area contributed by atoms with Gasteiger partial charge in [0.15, 0.2) is 0 Å². The van der Waals surface area contributed by atoms with Crippen molar-refractivity contribution in [1.29, 1.82) is 0 Å². The van der Waals surface area contributed by atoms with Gasteiger partial charge in [0.05, 0.1) is 17.2 Å². The van der Waals surface area contributed by atoms with E-state index >= 15 is 0 Å². The highest BCUT2D eigenvalue weighted by Crippen LogP contribution is 2.37. The summed E-state index contributed by atoms with van der Waals surface area (Å²) < 4.78 is 0. The van der Waals surface area contributed by atoms with E-state index in [4.69, 9.17) is 11.6 Å². The lowest BCUT2D eigenvalue weighted by molar-refractivity contribution is 0.0636. The Morgan fingerprint density at radius 1 is 1.12 bits per heavy atom. The third-order valence-corrected chi connectivity index (χ3v) is 4.99. The summed E-state index contributed by atoms with van der Waals surface area (Å²) in [6.45, 7) is 0.831. The first-order valence-corrected chi connectivity index (χ1v) is 8.14. The zero-order valence-corrected chi connectivity index (χ0v) is 15.6. The molecule has 2 aromatic rings. The van der Waals surface area contributed by atoms with Gasteiger partial charge in [0.1, 0.15) is 5.75 Å². The van der Waals surface area contributed by atoms with Crippen LogP contribution >= 0.6 is 28.6 Å². The number of aromatic hydroxyl groups is 1. The molecule has 0 bridgehead atoms. The van der Waals surface area contributed by atoms with E-state index in [1.807, 2.05) is 0 Å². The quantitative estimate of drug-likeness (QED) is 0.728. The molecule has 130 valence electrons. The predicted octanol–water partition coefficient (Wildman–Crippen LogP) is 3.11. The van der Waals surface area contributed by atoms with Gasteiger partial charge in [-0.3, -0.25) is 14.5 Å². The molecule has 2 aromatic carbocycles. The number of benzene rings is 2. The third-order valence-electron chi connectivity index (χ3n) is 4.63. The van der Waals surface area contributed by atoms with E-state index in [-0.39, 0.29) is 47.1 Å². The summed E-state index contributed by atoms with van der Waals surface area (Å²) in [6, 6.07) is 9.68. The van der Waals surface area contributed by atoms with Crippen LogP contribution in [0.4, 0.5) is 0 Å². The van der Waals surface area contributed by atoms with E-state index in [0.717, 1.165) is 5.56 Å². The Morgan fingerprint density at radius 3 is 2.40 bits per heavy atom. The Hall–Kier alpha value is -1.89. The molecule has 0 aliphatic carbocycles. The van der Waals surface area contributed by atoms with Crippen molar-refractivity contribution in [2.75, 3.05) is 13.1 Å². The Morgan fingerprint density at radius 2 is 1.76 bits per heavy atom. The largest absolute Gasteiger partial charge is 0.508 e. The van der Waals surface area contributed by atoms with E-state index in [1.165, 1.54) is 4.90 Å². The second-order valence-electron chi connectivity index (χ2n) is 5.98. The van der Waals surface area contributed by atoms with Crippen LogP contribution in [0, 0.1) is 0 Å². The van der Waals surface area contributed by atoms with Gasteiger partial charge >= 0.3 is 0 Å². The number of nitrogens with one attached hydrogen (secondary N) is 1. The molecule has 0 saturated carbocycles. The maximum atomic E-state index is 12.5. The molecular formula is C18H16BrClN2O3. The number of phenolic OH excluding ortho intramolecular Hbond substituents is 1. The molecule has 4 rings (SSSR count). The molecule has 0 unspecified atom stereocenters. The molecule has 25 heavy (non-hydrogen) atoms. The molecule has 1 atom stereocenters. The lowest BCUT2D eigenvalue weighted by Crippen LogP contribution is -2.41. The van der Waals surface area contributed by atoms with Gasteiger partial charge in [-0.15, -0.1) is 17.0 Å². The fraction of sp³-hybridized carbons (Fsp3) is 0.222. The standard InChI is InChI=1S/C18H15ClN2O3.BrH/c19-13-5-6-15(22)16-12(13)7-8-20-14(16)9-21-17(23)10-3-1-2-4-11(10)18(21)24;/h1-6,14,20,22H,7-9H2;1H/t14-;/m1./s1. The van der Waals surface area contributed by atoms with Crippen molar-refractivity contribution in [2.45, 2.75) is 12.5 Å². The highest BCUT2D eigenvalue weighted by Gasteiger charge is 2.38. The zero-order valence-electron chi connectivity index (χ0n) is 13.2. The first-order valence-electron chi connectivity index (χ1n) is 7.77. The number of fused-ring (bicyclic) bond motifs is 2. The lowest BCUT2D eigenvalue weighted by Gasteiger charge is -2.30. The molecular weight excluding hydrogens is 408 g/mol. The van der Waals surface area contributed by atoms with Crippen LogP contribution in [0.25, 0.3) is 0 Å². The van der Waals surface area contributed by atoms with Crippen LogP contribution in [-0.2, 0) is 6.42 Å². The molecule has 0 fully saturated rings. The highest BCUT2D eigenvalue weighted by molar-refractivity contribution is 8.93. The molecule has 0 aromatic heterocycles. The first-order chi connectivity index (χ1) is 11.6. The zero-order chi connectivity index (χ0) is 16.8. The average molecular weight is 424 g/mol. The second-order valence-corrected chi connectivity index (χ2v) is 6.39. The Balaban J connectivity index is 0.00000182. The predicted molar refractivity (Wildman–Crippen MR) is 99.7 cm³/mol. The van der Waals surface area contributed by atoms with Crippen LogP contribution in [0.5, 0.6) is 5.75 Å². The number of amides is 2. The fourth-order valence-electron chi connectivity index (χ4n) is 3.49. The minimum absolute atomic E-state index is 0. The summed E-state index contributed by atoms with van der Waals surface area (Å²) in [6.07, 6.45) is 0.696. The molecule has 0 saturated heterocycles. The number of imide groups is 1. The molecule has 2 aliphatic heterocycles. The molecule has 7 heteroatoms. The van der Waals surface area contributed by atoms with Gasteiger partial charge in [0.2, 0.25) is 0 Å². The number of nitrogens with zero attached hydrogens (tertiary/aromatic N) is 1. The van der Waals surface area contributed by atoms with Crippen LogP contribution in [0.2, 0.25) is 5.02 Å². The lowest BCUT2D eigenvalue weighted by atomic mass is 9.93. The molecule has 2 N–H and O–H groups in total. The van der Waals surface area contributed by atoms with Crippen LogP contribution in [0.3, 0.4) is 0 Å². The summed E-state index contributed by atoms with van der Waals surface area (Å²) in [5.74, 6) is -0.472. The Labute approximate surface area is 160 Å². The Bertz CT molecular complexity index is 836. The number of carbonyl (C=O) groups is 2. The summed E-state index contributed by atoms with van der Waals surface area (Å²) in [5, 5.41) is 14.1. The monoisotopic (exact) mass is 422 g/mol. The van der Waals surface area contributed by atoms with Crippen LogP contribution in [0.1, 0.15) is 37.9 Å². The van der Waals surface area contributed by atoms with Gasteiger partial charge in [-0.2, -0.15) is 0 Å². The third kappa shape index (κ3) is 2.84. The maximum Gasteiger partial charge on any atom is 0.261 e. The van der Waals surface area contributed by atoms with Crippen molar-refractivity contribution < 1.29 is 14.7 Å². The van der Waals surface area contributed by atoms with Crippen molar-refractivity contribution in [2.24, 2.45) is 0 Å². The van der Waals surface area contributed by atoms with E-state index in [2.05, 4.69) is 5.32 Å². The van der Waals surface area contributed by atoms with Gasteiger partial charge in [0, 0.05) is 17.1 Å². The maximum absolute atomic E-state index is 12.5. The molecule has 0 radical (unpaired) electrons. The van der Waals surface area contributed by atoms with E-state index in [0.29, 0.717) is 34.7 Å². The Kier molecular flexibility index (Phi) is 4.86. The van der Waals surface area contributed by atoms with Crippen LogP contribution in [0.15, 0.2) is 36.4 Å². The van der Waals surface area contributed by atoms with Crippen LogP contribution < -0.4 is 5.32 Å². The number of hydrogen-bond donors (Lipinski definition) is 2. The number of carbonyl (C=O) groups excluding carboxylic acids is 2. The fourth-order valence-corrected chi connectivity index (χ4v) is 3.74. The van der Waals surface area contributed by atoms with Gasteiger partial charge in [-0.05, 0) is 42.8 Å². The molecule has 5 nitrogen and oxygen atoms in total. The minimum atomic E-state index is -0.338. The van der Waals surface area contributed by atoms with Crippen molar-refractivity contribution in [3.05, 3.63) is 63.7 Å².